The first-order valence-electron chi connectivity index (χ1n) is 10.2. The standard InChI is InChI=1S/C23H20N4O4S/c28-22-12-17-11-19(7-8-20(17)25-22)32(30,31)26-18-6-5-15-4-2-10-27(21(15)13-18)23(29)16-3-1-9-24-14-16/h1,3,5-9,11,13-14,26H,2,4,10,12H2,(H,25,28). The van der Waals surface area contributed by atoms with Gasteiger partial charge in [-0.15, -0.1) is 0 Å². The minimum Gasteiger partial charge on any atom is -0.326 e. The second-order valence-electron chi connectivity index (χ2n) is 7.79. The van der Waals surface area contributed by atoms with E-state index in [-0.39, 0.29) is 23.1 Å². The summed E-state index contributed by atoms with van der Waals surface area (Å²) in [6.07, 6.45) is 4.93. The number of anilines is 3. The van der Waals surface area contributed by atoms with Gasteiger partial charge >= 0.3 is 0 Å². The van der Waals surface area contributed by atoms with Crippen LogP contribution in [0.2, 0.25) is 0 Å². The Balaban J connectivity index is 1.44. The van der Waals surface area contributed by atoms with Crippen molar-refractivity contribution in [3.63, 3.8) is 0 Å². The molecule has 0 bridgehead atoms. The summed E-state index contributed by atoms with van der Waals surface area (Å²) in [5.41, 5.74) is 3.80. The molecule has 2 aromatic carbocycles. The number of amides is 2. The summed E-state index contributed by atoms with van der Waals surface area (Å²) in [7, 11) is -3.87. The maximum Gasteiger partial charge on any atom is 0.261 e. The monoisotopic (exact) mass is 448 g/mol. The molecule has 0 unspecified atom stereocenters. The smallest absolute Gasteiger partial charge is 0.261 e. The number of aryl methyl sites for hydroxylation is 1. The number of hydrogen-bond acceptors (Lipinski definition) is 5. The molecule has 2 aliphatic rings. The number of sulfonamides is 1. The van der Waals surface area contributed by atoms with E-state index in [4.69, 9.17) is 0 Å². The van der Waals surface area contributed by atoms with E-state index in [1.54, 1.807) is 41.4 Å². The van der Waals surface area contributed by atoms with Gasteiger partial charge in [-0.25, -0.2) is 8.42 Å². The van der Waals surface area contributed by atoms with Crippen LogP contribution in [0.25, 0.3) is 0 Å². The lowest BCUT2D eigenvalue weighted by Gasteiger charge is -2.30. The van der Waals surface area contributed by atoms with Crippen molar-refractivity contribution in [1.82, 2.24) is 4.98 Å². The molecule has 1 aromatic heterocycles. The Labute approximate surface area is 185 Å². The topological polar surface area (TPSA) is 108 Å². The minimum atomic E-state index is -3.87. The molecule has 0 radical (unpaired) electrons. The average Bonchev–Trinajstić information content (AvgIpc) is 3.18. The summed E-state index contributed by atoms with van der Waals surface area (Å²) >= 11 is 0. The number of aromatic nitrogens is 1. The maximum atomic E-state index is 13.0. The molecule has 5 rings (SSSR count). The van der Waals surface area contributed by atoms with Crippen LogP contribution >= 0.6 is 0 Å². The molecule has 9 heteroatoms. The van der Waals surface area contributed by atoms with E-state index in [9.17, 15) is 18.0 Å². The van der Waals surface area contributed by atoms with Crippen LogP contribution in [0.1, 0.15) is 27.9 Å². The van der Waals surface area contributed by atoms with Gasteiger partial charge in [-0.3, -0.25) is 19.3 Å². The molecule has 8 nitrogen and oxygen atoms in total. The first-order chi connectivity index (χ1) is 15.4. The second kappa shape index (κ2) is 7.76. The van der Waals surface area contributed by atoms with Gasteiger partial charge in [-0.2, -0.15) is 0 Å². The van der Waals surface area contributed by atoms with E-state index in [0.717, 1.165) is 18.4 Å². The van der Waals surface area contributed by atoms with Crippen molar-refractivity contribution < 1.29 is 18.0 Å². The normalized spacial score (nSPS) is 15.0. The lowest BCUT2D eigenvalue weighted by Crippen LogP contribution is -2.35. The van der Waals surface area contributed by atoms with Gasteiger partial charge in [0.2, 0.25) is 5.91 Å². The van der Waals surface area contributed by atoms with E-state index in [1.165, 1.54) is 18.3 Å². The van der Waals surface area contributed by atoms with Crippen LogP contribution in [0.5, 0.6) is 0 Å². The molecule has 3 heterocycles. The van der Waals surface area contributed by atoms with Crippen molar-refractivity contribution in [2.45, 2.75) is 24.2 Å². The number of nitrogens with zero attached hydrogens (tertiary/aromatic N) is 2. The predicted molar refractivity (Wildman–Crippen MR) is 120 cm³/mol. The van der Waals surface area contributed by atoms with Crippen molar-refractivity contribution >= 4 is 38.9 Å². The Morgan fingerprint density at radius 1 is 1.09 bits per heavy atom. The molecule has 0 spiro atoms. The molecular formula is C23H20N4O4S. The van der Waals surface area contributed by atoms with Crippen molar-refractivity contribution in [3.05, 3.63) is 77.6 Å². The van der Waals surface area contributed by atoms with Crippen molar-refractivity contribution in [1.29, 1.82) is 0 Å². The minimum absolute atomic E-state index is 0.0776. The molecule has 3 aromatic rings. The highest BCUT2D eigenvalue weighted by Gasteiger charge is 2.26. The average molecular weight is 449 g/mol. The molecule has 0 fully saturated rings. The molecule has 0 atom stereocenters. The third-order valence-electron chi connectivity index (χ3n) is 5.62. The van der Waals surface area contributed by atoms with E-state index >= 15 is 0 Å². The zero-order chi connectivity index (χ0) is 22.3. The van der Waals surface area contributed by atoms with Gasteiger partial charge in [0.15, 0.2) is 0 Å². The van der Waals surface area contributed by atoms with Crippen LogP contribution in [0.15, 0.2) is 65.8 Å². The van der Waals surface area contributed by atoms with Gasteiger partial charge in [0, 0.05) is 30.3 Å². The number of nitrogens with one attached hydrogen (secondary N) is 2. The third-order valence-corrected chi connectivity index (χ3v) is 7.00. The van der Waals surface area contributed by atoms with Crippen molar-refractivity contribution in [2.75, 3.05) is 21.5 Å². The van der Waals surface area contributed by atoms with Crippen LogP contribution in [-0.2, 0) is 27.7 Å². The molecule has 0 aliphatic carbocycles. The molecule has 2 amide bonds. The molecular weight excluding hydrogens is 428 g/mol. The van der Waals surface area contributed by atoms with Gasteiger partial charge in [0.25, 0.3) is 15.9 Å². The Bertz CT molecular complexity index is 1340. The molecule has 0 saturated carbocycles. The Kier molecular flexibility index (Phi) is 4.90. The highest BCUT2D eigenvalue weighted by molar-refractivity contribution is 7.92. The van der Waals surface area contributed by atoms with Gasteiger partial charge in [-0.05, 0) is 66.4 Å². The fraction of sp³-hybridized carbons (Fsp3) is 0.174. The fourth-order valence-corrected chi connectivity index (χ4v) is 5.18. The number of benzene rings is 2. The second-order valence-corrected chi connectivity index (χ2v) is 9.48. The van der Waals surface area contributed by atoms with Crippen LogP contribution < -0.4 is 14.9 Å². The lowest BCUT2D eigenvalue weighted by atomic mass is 10.0. The zero-order valence-corrected chi connectivity index (χ0v) is 17.9. The number of carbonyl (C=O) groups is 2. The van der Waals surface area contributed by atoms with Crippen LogP contribution in [0.4, 0.5) is 17.1 Å². The first-order valence-corrected chi connectivity index (χ1v) is 11.7. The summed E-state index contributed by atoms with van der Waals surface area (Å²) < 4.78 is 28.6. The highest BCUT2D eigenvalue weighted by Crippen LogP contribution is 2.32. The van der Waals surface area contributed by atoms with Gasteiger partial charge in [0.05, 0.1) is 22.6 Å². The predicted octanol–water partition coefficient (Wildman–Crippen LogP) is 2.97. The SMILES string of the molecule is O=C1Cc2cc(S(=O)(=O)Nc3ccc4c(c3)N(C(=O)c3cccnc3)CCC4)ccc2N1. The molecule has 2 N–H and O–H groups in total. The maximum absolute atomic E-state index is 13.0. The van der Waals surface area contributed by atoms with Crippen LogP contribution in [-0.4, -0.2) is 31.8 Å². The quantitative estimate of drug-likeness (QED) is 0.638. The van der Waals surface area contributed by atoms with Crippen LogP contribution in [0.3, 0.4) is 0 Å². The van der Waals surface area contributed by atoms with E-state index < -0.39 is 10.0 Å². The Morgan fingerprint density at radius 3 is 2.78 bits per heavy atom. The van der Waals surface area contributed by atoms with Gasteiger partial charge in [0.1, 0.15) is 0 Å². The highest BCUT2D eigenvalue weighted by atomic mass is 32.2. The number of fused-ring (bicyclic) bond motifs is 2. The lowest BCUT2D eigenvalue weighted by molar-refractivity contribution is -0.115. The van der Waals surface area contributed by atoms with Crippen molar-refractivity contribution in [2.24, 2.45) is 0 Å². The third kappa shape index (κ3) is 3.71. The summed E-state index contributed by atoms with van der Waals surface area (Å²) in [4.78, 5) is 30.4. The Morgan fingerprint density at radius 2 is 1.97 bits per heavy atom. The largest absolute Gasteiger partial charge is 0.326 e. The summed E-state index contributed by atoms with van der Waals surface area (Å²) in [6, 6.07) is 13.2. The number of pyridine rings is 1. The fourth-order valence-electron chi connectivity index (χ4n) is 4.08. The molecule has 2 aliphatic heterocycles. The zero-order valence-electron chi connectivity index (χ0n) is 17.0. The van der Waals surface area contributed by atoms with E-state index in [0.29, 0.717) is 34.7 Å². The first kappa shape index (κ1) is 20.2. The number of rotatable bonds is 4. The van der Waals surface area contributed by atoms with E-state index in [2.05, 4.69) is 15.0 Å². The number of carbonyl (C=O) groups excluding carboxylic acids is 2. The molecule has 0 saturated heterocycles. The van der Waals surface area contributed by atoms with Crippen LogP contribution in [0, 0.1) is 0 Å². The summed E-state index contributed by atoms with van der Waals surface area (Å²) in [6.45, 7) is 0.544. The molecule has 162 valence electrons. The Hall–Kier alpha value is -3.72. The van der Waals surface area contributed by atoms with Gasteiger partial charge < -0.3 is 10.2 Å². The molecule has 32 heavy (non-hydrogen) atoms. The summed E-state index contributed by atoms with van der Waals surface area (Å²) in [5, 5.41) is 2.69. The van der Waals surface area contributed by atoms with E-state index in [1.807, 2.05) is 6.07 Å². The number of hydrogen-bond donors (Lipinski definition) is 2. The summed E-state index contributed by atoms with van der Waals surface area (Å²) in [5.74, 6) is -0.328. The van der Waals surface area contributed by atoms with Gasteiger partial charge in [-0.1, -0.05) is 6.07 Å². The van der Waals surface area contributed by atoms with Crippen molar-refractivity contribution in [3.8, 4) is 0 Å².